The van der Waals surface area contributed by atoms with Crippen LogP contribution in [0.3, 0.4) is 0 Å². The average molecular weight is 284 g/mol. The Balaban J connectivity index is 0.00000289. The molecule has 1 unspecified atom stereocenters. The molecule has 102 valence electrons. The van der Waals surface area contributed by atoms with Crippen molar-refractivity contribution in [2.24, 2.45) is 5.73 Å². The van der Waals surface area contributed by atoms with Crippen LogP contribution in [-0.2, 0) is 9.53 Å². The lowest BCUT2D eigenvalue weighted by Gasteiger charge is -2.16. The number of nitrogens with two attached hydrogens (primary N) is 1. The molecular weight excluding hydrogens is 271 g/mol. The van der Waals surface area contributed by atoms with Crippen LogP contribution < -0.4 is 5.73 Å². The summed E-state index contributed by atoms with van der Waals surface area (Å²) in [7, 11) is 0. The van der Waals surface area contributed by atoms with Crippen LogP contribution in [0.25, 0.3) is 0 Å². The number of carbonyl (C=O) groups is 1. The molecule has 18 heavy (non-hydrogen) atoms. The maximum atomic E-state index is 13.5. The maximum absolute atomic E-state index is 13.5. The first-order valence-electron chi connectivity index (χ1n) is 4.99. The first kappa shape index (κ1) is 16.7. The average Bonchev–Trinajstić information content (AvgIpc) is 2.27. The predicted octanol–water partition coefficient (Wildman–Crippen LogP) is 2.29. The molecule has 0 spiro atoms. The van der Waals surface area contributed by atoms with E-state index in [1.807, 2.05) is 0 Å². The summed E-state index contributed by atoms with van der Waals surface area (Å²) >= 11 is 0. The van der Waals surface area contributed by atoms with E-state index in [0.717, 1.165) is 18.2 Å². The van der Waals surface area contributed by atoms with Crippen molar-refractivity contribution in [2.75, 3.05) is 6.61 Å². The van der Waals surface area contributed by atoms with E-state index in [9.17, 15) is 18.0 Å². The second kappa shape index (κ2) is 7.23. The Labute approximate surface area is 109 Å². The van der Waals surface area contributed by atoms with Crippen LogP contribution in [0.5, 0.6) is 0 Å². The second-order valence-electron chi connectivity index (χ2n) is 3.31. The van der Waals surface area contributed by atoms with Crippen molar-refractivity contribution in [3.63, 3.8) is 0 Å². The van der Waals surface area contributed by atoms with Gasteiger partial charge in [0, 0.05) is 5.56 Å². The third-order valence-electron chi connectivity index (χ3n) is 2.16. The molecule has 0 fully saturated rings. The molecule has 0 saturated carbocycles. The standard InChI is InChI=1S/C11H12F3NO2.ClH/c1-2-17-11(16)9(14)10(15)8-6(12)4-3-5-7(8)13;/h3-5,9-10H,2,15H2,1H3;1H/t9?,10-;/m0./s1. The molecule has 0 aliphatic carbocycles. The number of hydrogen-bond donors (Lipinski definition) is 1. The van der Waals surface area contributed by atoms with E-state index < -0.39 is 35.4 Å². The molecule has 0 amide bonds. The SMILES string of the molecule is CCOC(=O)C(F)[C@@H](N)c1c(F)cccc1F.Cl. The van der Waals surface area contributed by atoms with Crippen molar-refractivity contribution < 1.29 is 22.7 Å². The first-order chi connectivity index (χ1) is 7.99. The molecule has 1 aromatic rings. The zero-order valence-corrected chi connectivity index (χ0v) is 10.3. The molecule has 0 aromatic heterocycles. The van der Waals surface area contributed by atoms with Gasteiger partial charge in [0.15, 0.2) is 0 Å². The van der Waals surface area contributed by atoms with Gasteiger partial charge < -0.3 is 10.5 Å². The molecule has 1 rings (SSSR count). The van der Waals surface area contributed by atoms with Crippen molar-refractivity contribution in [3.05, 3.63) is 35.4 Å². The van der Waals surface area contributed by atoms with Crippen LogP contribution in [0.4, 0.5) is 13.2 Å². The van der Waals surface area contributed by atoms with E-state index in [4.69, 9.17) is 5.73 Å². The molecule has 2 N–H and O–H groups in total. The largest absolute Gasteiger partial charge is 0.464 e. The van der Waals surface area contributed by atoms with Gasteiger partial charge in [0.2, 0.25) is 6.17 Å². The summed E-state index contributed by atoms with van der Waals surface area (Å²) in [6.45, 7) is 1.45. The Morgan fingerprint density at radius 2 is 1.89 bits per heavy atom. The Hall–Kier alpha value is -1.27. The zero-order chi connectivity index (χ0) is 13.0. The smallest absolute Gasteiger partial charge is 0.342 e. The van der Waals surface area contributed by atoms with Gasteiger partial charge in [-0.15, -0.1) is 12.4 Å². The van der Waals surface area contributed by atoms with Crippen LogP contribution in [0.15, 0.2) is 18.2 Å². The highest BCUT2D eigenvalue weighted by molar-refractivity contribution is 5.85. The molecule has 3 nitrogen and oxygen atoms in total. The summed E-state index contributed by atoms with van der Waals surface area (Å²) in [4.78, 5) is 11.1. The molecule has 7 heteroatoms. The highest BCUT2D eigenvalue weighted by Crippen LogP contribution is 2.23. The lowest BCUT2D eigenvalue weighted by atomic mass is 10.0. The van der Waals surface area contributed by atoms with Crippen molar-refractivity contribution >= 4 is 18.4 Å². The van der Waals surface area contributed by atoms with Gasteiger partial charge in [0.1, 0.15) is 11.6 Å². The highest BCUT2D eigenvalue weighted by atomic mass is 35.5. The van der Waals surface area contributed by atoms with Gasteiger partial charge in [-0.1, -0.05) is 6.07 Å². The van der Waals surface area contributed by atoms with Crippen molar-refractivity contribution in [3.8, 4) is 0 Å². The molecule has 0 heterocycles. The van der Waals surface area contributed by atoms with E-state index in [-0.39, 0.29) is 19.0 Å². The summed E-state index contributed by atoms with van der Waals surface area (Å²) in [6, 6.07) is 1.28. The molecule has 0 radical (unpaired) electrons. The number of hydrogen-bond acceptors (Lipinski definition) is 3. The fraction of sp³-hybridized carbons (Fsp3) is 0.364. The maximum Gasteiger partial charge on any atom is 0.342 e. The molecule has 1 aromatic carbocycles. The van der Waals surface area contributed by atoms with Gasteiger partial charge in [-0.2, -0.15) is 0 Å². The van der Waals surface area contributed by atoms with Crippen molar-refractivity contribution in [1.29, 1.82) is 0 Å². The third kappa shape index (κ3) is 3.61. The zero-order valence-electron chi connectivity index (χ0n) is 9.53. The van der Waals surface area contributed by atoms with E-state index in [1.165, 1.54) is 6.92 Å². The number of rotatable bonds is 4. The van der Waals surface area contributed by atoms with Gasteiger partial charge in [-0.05, 0) is 19.1 Å². The van der Waals surface area contributed by atoms with E-state index in [1.54, 1.807) is 0 Å². The Morgan fingerprint density at radius 1 is 1.39 bits per heavy atom. The predicted molar refractivity (Wildman–Crippen MR) is 62.1 cm³/mol. The van der Waals surface area contributed by atoms with Gasteiger partial charge in [-0.25, -0.2) is 18.0 Å². The summed E-state index contributed by atoms with van der Waals surface area (Å²) in [6.07, 6.45) is -2.30. The molecule has 0 saturated heterocycles. The molecular formula is C11H13ClF3NO2. The highest BCUT2D eigenvalue weighted by Gasteiger charge is 2.31. The lowest BCUT2D eigenvalue weighted by molar-refractivity contribution is -0.150. The quantitative estimate of drug-likeness (QED) is 0.863. The number of benzene rings is 1. The molecule has 0 aliphatic heterocycles. The van der Waals surface area contributed by atoms with Gasteiger partial charge in [0.25, 0.3) is 0 Å². The topological polar surface area (TPSA) is 52.3 Å². The number of esters is 1. The minimum atomic E-state index is -2.30. The second-order valence-corrected chi connectivity index (χ2v) is 3.31. The fourth-order valence-electron chi connectivity index (χ4n) is 1.34. The van der Waals surface area contributed by atoms with E-state index in [2.05, 4.69) is 4.74 Å². The van der Waals surface area contributed by atoms with Crippen molar-refractivity contribution in [1.82, 2.24) is 0 Å². The summed E-state index contributed by atoms with van der Waals surface area (Å²) in [5.41, 5.74) is 4.66. The van der Waals surface area contributed by atoms with Gasteiger partial charge in [-0.3, -0.25) is 0 Å². The summed E-state index contributed by atoms with van der Waals surface area (Å²) in [5, 5.41) is 0. The van der Waals surface area contributed by atoms with Crippen molar-refractivity contribution in [2.45, 2.75) is 19.1 Å². The summed E-state index contributed by atoms with van der Waals surface area (Å²) < 4.78 is 44.4. The number of halogens is 4. The van der Waals surface area contributed by atoms with Crippen LogP contribution in [-0.4, -0.2) is 18.7 Å². The summed E-state index contributed by atoms with van der Waals surface area (Å²) in [5.74, 6) is -3.23. The molecule has 0 bridgehead atoms. The first-order valence-corrected chi connectivity index (χ1v) is 4.99. The fourth-order valence-corrected chi connectivity index (χ4v) is 1.34. The minimum Gasteiger partial charge on any atom is -0.464 e. The monoisotopic (exact) mass is 283 g/mol. The number of carbonyl (C=O) groups excluding carboxylic acids is 1. The van der Waals surface area contributed by atoms with Crippen LogP contribution >= 0.6 is 12.4 Å². The Kier molecular flexibility index (Phi) is 6.72. The van der Waals surface area contributed by atoms with Crippen LogP contribution in [0, 0.1) is 11.6 Å². The Morgan fingerprint density at radius 3 is 2.33 bits per heavy atom. The minimum absolute atomic E-state index is 0. The third-order valence-corrected chi connectivity index (χ3v) is 2.16. The molecule has 0 aliphatic rings. The lowest BCUT2D eigenvalue weighted by Crippen LogP contribution is -2.32. The van der Waals surface area contributed by atoms with E-state index in [0.29, 0.717) is 0 Å². The van der Waals surface area contributed by atoms with Crippen LogP contribution in [0.2, 0.25) is 0 Å². The van der Waals surface area contributed by atoms with E-state index >= 15 is 0 Å². The number of alkyl halides is 1. The normalized spacial score (nSPS) is 13.4. The van der Waals surface area contributed by atoms with Gasteiger partial charge in [0.05, 0.1) is 12.6 Å². The number of ether oxygens (including phenoxy) is 1. The molecule has 2 atom stereocenters. The van der Waals surface area contributed by atoms with Crippen LogP contribution in [0.1, 0.15) is 18.5 Å². The Bertz CT molecular complexity index is 397. The van der Waals surface area contributed by atoms with Gasteiger partial charge >= 0.3 is 5.97 Å².